The first-order chi connectivity index (χ1) is 5.83. The quantitative estimate of drug-likeness (QED) is 0.660. The standard InChI is InChI=1S/C11H13N/c1-2-9-10(8-6-7-8)4-3-5-11(9)12/h2-5,8H,1,6-7,12H2. The third kappa shape index (κ3) is 1.11. The van der Waals surface area contributed by atoms with Gasteiger partial charge in [0.2, 0.25) is 0 Å². The lowest BCUT2D eigenvalue weighted by molar-refractivity contribution is 1.12. The number of anilines is 1. The van der Waals surface area contributed by atoms with Crippen LogP contribution in [-0.4, -0.2) is 0 Å². The molecule has 1 aliphatic carbocycles. The zero-order valence-corrected chi connectivity index (χ0v) is 7.09. The van der Waals surface area contributed by atoms with E-state index >= 15 is 0 Å². The van der Waals surface area contributed by atoms with Crippen molar-refractivity contribution in [1.82, 2.24) is 0 Å². The van der Waals surface area contributed by atoms with Crippen LogP contribution in [0.25, 0.3) is 6.08 Å². The van der Waals surface area contributed by atoms with Crippen molar-refractivity contribution < 1.29 is 0 Å². The Hall–Kier alpha value is -1.24. The first-order valence-corrected chi connectivity index (χ1v) is 4.33. The molecule has 0 amide bonds. The Balaban J connectivity index is 2.50. The lowest BCUT2D eigenvalue weighted by Gasteiger charge is -2.06. The van der Waals surface area contributed by atoms with Gasteiger partial charge in [-0.15, -0.1) is 0 Å². The van der Waals surface area contributed by atoms with Crippen LogP contribution < -0.4 is 5.73 Å². The minimum absolute atomic E-state index is 0.751. The Morgan fingerprint density at radius 2 is 2.17 bits per heavy atom. The molecular weight excluding hydrogens is 146 g/mol. The average molecular weight is 159 g/mol. The number of rotatable bonds is 2. The maximum absolute atomic E-state index is 5.83. The highest BCUT2D eigenvalue weighted by Crippen LogP contribution is 2.42. The van der Waals surface area contributed by atoms with Crippen LogP contribution in [0.1, 0.15) is 29.9 Å². The van der Waals surface area contributed by atoms with Gasteiger partial charge in [0.05, 0.1) is 0 Å². The molecule has 1 aromatic rings. The van der Waals surface area contributed by atoms with E-state index in [4.69, 9.17) is 5.73 Å². The fraction of sp³-hybridized carbons (Fsp3) is 0.273. The Labute approximate surface area is 72.9 Å². The number of hydrogen-bond donors (Lipinski definition) is 1. The summed E-state index contributed by atoms with van der Waals surface area (Å²) >= 11 is 0. The molecule has 1 nitrogen and oxygen atoms in total. The van der Waals surface area contributed by atoms with Gasteiger partial charge < -0.3 is 5.73 Å². The van der Waals surface area contributed by atoms with Crippen LogP contribution in [0, 0.1) is 0 Å². The third-order valence-corrected chi connectivity index (χ3v) is 2.39. The zero-order valence-electron chi connectivity index (χ0n) is 7.09. The molecule has 0 aromatic heterocycles. The van der Waals surface area contributed by atoms with Gasteiger partial charge >= 0.3 is 0 Å². The number of hydrogen-bond acceptors (Lipinski definition) is 1. The first kappa shape index (κ1) is 7.41. The number of nitrogen functional groups attached to an aromatic ring is 1. The molecule has 0 bridgehead atoms. The molecule has 0 heterocycles. The average Bonchev–Trinajstić information content (AvgIpc) is 2.86. The number of benzene rings is 1. The van der Waals surface area contributed by atoms with E-state index in [0.717, 1.165) is 17.2 Å². The van der Waals surface area contributed by atoms with Gasteiger partial charge in [-0.3, -0.25) is 0 Å². The minimum atomic E-state index is 0.751. The molecule has 2 rings (SSSR count). The van der Waals surface area contributed by atoms with Gasteiger partial charge in [-0.25, -0.2) is 0 Å². The Kier molecular flexibility index (Phi) is 1.65. The summed E-state index contributed by atoms with van der Waals surface area (Å²) in [6.45, 7) is 3.78. The normalized spacial score (nSPS) is 16.0. The molecule has 1 aromatic carbocycles. The zero-order chi connectivity index (χ0) is 8.55. The largest absolute Gasteiger partial charge is 0.398 e. The van der Waals surface area contributed by atoms with Gasteiger partial charge in [-0.1, -0.05) is 24.8 Å². The fourth-order valence-electron chi connectivity index (χ4n) is 1.59. The second-order valence-corrected chi connectivity index (χ2v) is 3.33. The Bertz CT molecular complexity index is 311. The third-order valence-electron chi connectivity index (χ3n) is 2.39. The molecule has 1 fully saturated rings. The molecule has 62 valence electrons. The summed E-state index contributed by atoms with van der Waals surface area (Å²) in [4.78, 5) is 0. The smallest absolute Gasteiger partial charge is 0.0390 e. The molecule has 1 saturated carbocycles. The Morgan fingerprint density at radius 3 is 2.75 bits per heavy atom. The van der Waals surface area contributed by atoms with Gasteiger partial charge in [0.25, 0.3) is 0 Å². The highest BCUT2D eigenvalue weighted by atomic mass is 14.6. The van der Waals surface area contributed by atoms with Crippen molar-refractivity contribution >= 4 is 11.8 Å². The van der Waals surface area contributed by atoms with Crippen LogP contribution in [0.5, 0.6) is 0 Å². The van der Waals surface area contributed by atoms with E-state index in [1.165, 1.54) is 18.4 Å². The highest BCUT2D eigenvalue weighted by Gasteiger charge is 2.25. The molecule has 0 saturated heterocycles. The molecule has 2 N–H and O–H groups in total. The minimum Gasteiger partial charge on any atom is -0.398 e. The SMILES string of the molecule is C=Cc1c(N)cccc1C1CC1. The van der Waals surface area contributed by atoms with Crippen molar-refractivity contribution in [2.45, 2.75) is 18.8 Å². The molecule has 12 heavy (non-hydrogen) atoms. The molecule has 0 atom stereocenters. The molecule has 1 aliphatic rings. The van der Waals surface area contributed by atoms with Crippen molar-refractivity contribution in [3.05, 3.63) is 35.9 Å². The van der Waals surface area contributed by atoms with E-state index in [9.17, 15) is 0 Å². The lowest BCUT2D eigenvalue weighted by Crippen LogP contribution is -1.93. The second kappa shape index (κ2) is 2.67. The van der Waals surface area contributed by atoms with Crippen LogP contribution in [0.2, 0.25) is 0 Å². The summed E-state index contributed by atoms with van der Waals surface area (Å²) in [5.74, 6) is 0.751. The van der Waals surface area contributed by atoms with Crippen LogP contribution >= 0.6 is 0 Å². The van der Waals surface area contributed by atoms with Crippen molar-refractivity contribution in [3.8, 4) is 0 Å². The van der Waals surface area contributed by atoms with Crippen molar-refractivity contribution in [2.75, 3.05) is 5.73 Å². The van der Waals surface area contributed by atoms with Gasteiger partial charge in [-0.2, -0.15) is 0 Å². The summed E-state index contributed by atoms with van der Waals surface area (Å²) in [7, 11) is 0. The molecule has 0 radical (unpaired) electrons. The maximum atomic E-state index is 5.83. The van der Waals surface area contributed by atoms with Gasteiger partial charge in [0.15, 0.2) is 0 Å². The van der Waals surface area contributed by atoms with Crippen molar-refractivity contribution in [3.63, 3.8) is 0 Å². The highest BCUT2D eigenvalue weighted by molar-refractivity contribution is 5.67. The summed E-state index contributed by atoms with van der Waals surface area (Å²) in [5, 5.41) is 0. The van der Waals surface area contributed by atoms with Gasteiger partial charge in [-0.05, 0) is 30.4 Å². The predicted octanol–water partition coefficient (Wildman–Crippen LogP) is 2.79. The van der Waals surface area contributed by atoms with E-state index in [0.29, 0.717) is 0 Å². The van der Waals surface area contributed by atoms with Crippen LogP contribution in [-0.2, 0) is 0 Å². The maximum Gasteiger partial charge on any atom is 0.0390 e. The number of nitrogens with two attached hydrogens (primary N) is 1. The summed E-state index contributed by atoms with van der Waals surface area (Å²) in [5.41, 5.74) is 9.20. The Morgan fingerprint density at radius 1 is 1.42 bits per heavy atom. The summed E-state index contributed by atoms with van der Waals surface area (Å²) in [6.07, 6.45) is 4.48. The topological polar surface area (TPSA) is 26.0 Å². The second-order valence-electron chi connectivity index (χ2n) is 3.33. The lowest BCUT2D eigenvalue weighted by atomic mass is 10.0. The monoisotopic (exact) mass is 159 g/mol. The summed E-state index contributed by atoms with van der Waals surface area (Å²) < 4.78 is 0. The first-order valence-electron chi connectivity index (χ1n) is 4.33. The van der Waals surface area contributed by atoms with E-state index in [1.54, 1.807) is 0 Å². The van der Waals surface area contributed by atoms with Gasteiger partial charge in [0, 0.05) is 11.3 Å². The van der Waals surface area contributed by atoms with Gasteiger partial charge in [0.1, 0.15) is 0 Å². The van der Waals surface area contributed by atoms with Crippen molar-refractivity contribution in [2.24, 2.45) is 0 Å². The van der Waals surface area contributed by atoms with E-state index in [-0.39, 0.29) is 0 Å². The predicted molar refractivity (Wildman–Crippen MR) is 52.9 cm³/mol. The summed E-state index contributed by atoms with van der Waals surface area (Å²) in [6, 6.07) is 6.12. The fourth-order valence-corrected chi connectivity index (χ4v) is 1.59. The molecule has 0 aliphatic heterocycles. The molecular formula is C11H13N. The van der Waals surface area contributed by atoms with E-state index in [1.807, 2.05) is 18.2 Å². The molecule has 0 unspecified atom stereocenters. The molecule has 1 heteroatoms. The van der Waals surface area contributed by atoms with Crippen LogP contribution in [0.15, 0.2) is 24.8 Å². The van der Waals surface area contributed by atoms with Crippen molar-refractivity contribution in [1.29, 1.82) is 0 Å². The van der Waals surface area contributed by atoms with Crippen LogP contribution in [0.3, 0.4) is 0 Å². The van der Waals surface area contributed by atoms with Crippen LogP contribution in [0.4, 0.5) is 5.69 Å². The van der Waals surface area contributed by atoms with E-state index in [2.05, 4.69) is 12.6 Å². The van der Waals surface area contributed by atoms with E-state index < -0.39 is 0 Å². The molecule has 0 spiro atoms.